The summed E-state index contributed by atoms with van der Waals surface area (Å²) >= 11 is 11.3. The van der Waals surface area contributed by atoms with Crippen molar-refractivity contribution >= 4 is 49.2 Å². The van der Waals surface area contributed by atoms with Crippen LogP contribution in [0.15, 0.2) is 16.6 Å². The van der Waals surface area contributed by atoms with Crippen molar-refractivity contribution in [2.24, 2.45) is 0 Å². The molecule has 16 heavy (non-hydrogen) atoms. The van der Waals surface area contributed by atoms with Crippen molar-refractivity contribution in [1.29, 1.82) is 0 Å². The van der Waals surface area contributed by atoms with E-state index in [1.807, 2.05) is 0 Å². The van der Waals surface area contributed by atoms with E-state index in [-0.39, 0.29) is 15.4 Å². The van der Waals surface area contributed by atoms with E-state index in [9.17, 15) is 18.0 Å². The number of Topliss-reactive ketones (excluding diaryl/α,β-unsaturated/α-hetero) is 1. The molecule has 0 N–H and O–H groups in total. The zero-order chi connectivity index (χ0) is 12.5. The molecular weight excluding hydrogens is 376 g/mol. The Morgan fingerprint density at radius 3 is 2.38 bits per heavy atom. The lowest BCUT2D eigenvalue weighted by Crippen LogP contribution is -2.09. The Kier molecular flexibility index (Phi) is 4.42. The van der Waals surface area contributed by atoms with Crippen molar-refractivity contribution in [2.75, 3.05) is 5.33 Å². The van der Waals surface area contributed by atoms with E-state index in [1.165, 1.54) is 6.07 Å². The Labute approximate surface area is 111 Å². The SMILES string of the molecule is O=C(CBr)c1cc(Br)c(Cl)c(C(F)(F)F)c1. The number of ketones is 1. The minimum absolute atomic E-state index is 0.0412. The van der Waals surface area contributed by atoms with E-state index in [0.717, 1.165) is 6.07 Å². The fourth-order valence-electron chi connectivity index (χ4n) is 1.03. The van der Waals surface area contributed by atoms with Crippen LogP contribution in [0.2, 0.25) is 5.02 Å². The Bertz CT molecular complexity index is 431. The van der Waals surface area contributed by atoms with Gasteiger partial charge in [0.1, 0.15) is 0 Å². The van der Waals surface area contributed by atoms with E-state index in [4.69, 9.17) is 11.6 Å². The first-order valence-electron chi connectivity index (χ1n) is 3.92. The van der Waals surface area contributed by atoms with E-state index in [1.54, 1.807) is 0 Å². The lowest BCUT2D eigenvalue weighted by Gasteiger charge is -2.11. The van der Waals surface area contributed by atoms with Gasteiger partial charge in [0.25, 0.3) is 0 Å². The molecule has 1 rings (SSSR count). The summed E-state index contributed by atoms with van der Waals surface area (Å²) in [5.74, 6) is -0.442. The van der Waals surface area contributed by atoms with E-state index in [0.29, 0.717) is 0 Å². The zero-order valence-electron chi connectivity index (χ0n) is 7.54. The van der Waals surface area contributed by atoms with Gasteiger partial charge in [-0.05, 0) is 28.1 Å². The Morgan fingerprint density at radius 2 is 1.94 bits per heavy atom. The predicted molar refractivity (Wildman–Crippen MR) is 62.3 cm³/mol. The first-order valence-corrected chi connectivity index (χ1v) is 6.22. The molecule has 0 saturated carbocycles. The van der Waals surface area contributed by atoms with Crippen molar-refractivity contribution in [3.63, 3.8) is 0 Å². The molecule has 0 aliphatic heterocycles. The first-order chi connectivity index (χ1) is 7.27. The highest BCUT2D eigenvalue weighted by Crippen LogP contribution is 2.39. The molecule has 0 aromatic heterocycles. The summed E-state index contributed by atoms with van der Waals surface area (Å²) in [6.45, 7) is 0. The monoisotopic (exact) mass is 378 g/mol. The number of carbonyl (C=O) groups is 1. The number of halogens is 6. The second kappa shape index (κ2) is 5.06. The third-order valence-electron chi connectivity index (χ3n) is 1.78. The number of hydrogen-bond donors (Lipinski definition) is 0. The van der Waals surface area contributed by atoms with Crippen molar-refractivity contribution in [1.82, 2.24) is 0 Å². The summed E-state index contributed by atoms with van der Waals surface area (Å²) < 4.78 is 37.7. The molecule has 0 aliphatic rings. The average Bonchev–Trinajstić information content (AvgIpc) is 2.18. The zero-order valence-corrected chi connectivity index (χ0v) is 11.5. The van der Waals surface area contributed by atoms with Crippen LogP contribution in [0.5, 0.6) is 0 Å². The quantitative estimate of drug-likeness (QED) is 0.537. The maximum Gasteiger partial charge on any atom is 0.417 e. The molecule has 0 unspecified atom stereocenters. The van der Waals surface area contributed by atoms with Crippen LogP contribution in [-0.4, -0.2) is 11.1 Å². The molecule has 0 fully saturated rings. The molecule has 0 bridgehead atoms. The number of carbonyl (C=O) groups excluding carboxylic acids is 1. The van der Waals surface area contributed by atoms with Crippen LogP contribution in [0.3, 0.4) is 0 Å². The van der Waals surface area contributed by atoms with Gasteiger partial charge < -0.3 is 0 Å². The van der Waals surface area contributed by atoms with Gasteiger partial charge in [-0.25, -0.2) is 0 Å². The lowest BCUT2D eigenvalue weighted by atomic mass is 10.1. The molecule has 0 aliphatic carbocycles. The van der Waals surface area contributed by atoms with Crippen LogP contribution < -0.4 is 0 Å². The molecule has 0 spiro atoms. The number of hydrogen-bond acceptors (Lipinski definition) is 1. The molecule has 0 saturated heterocycles. The van der Waals surface area contributed by atoms with Crippen molar-refractivity contribution in [2.45, 2.75) is 6.18 Å². The van der Waals surface area contributed by atoms with Crippen LogP contribution >= 0.6 is 43.5 Å². The van der Waals surface area contributed by atoms with Gasteiger partial charge in [-0.15, -0.1) is 0 Å². The molecule has 0 radical (unpaired) electrons. The van der Waals surface area contributed by atoms with Gasteiger partial charge in [-0.2, -0.15) is 13.2 Å². The van der Waals surface area contributed by atoms with E-state index >= 15 is 0 Å². The highest BCUT2D eigenvalue weighted by atomic mass is 79.9. The Balaban J connectivity index is 3.39. The normalized spacial score (nSPS) is 11.6. The molecule has 0 amide bonds. The molecule has 1 aromatic rings. The van der Waals surface area contributed by atoms with Crippen molar-refractivity contribution in [3.05, 3.63) is 32.8 Å². The highest BCUT2D eigenvalue weighted by Gasteiger charge is 2.34. The maximum atomic E-state index is 12.5. The predicted octanol–water partition coefficient (Wildman–Crippen LogP) is 4.70. The van der Waals surface area contributed by atoms with E-state index in [2.05, 4.69) is 31.9 Å². The highest BCUT2D eigenvalue weighted by molar-refractivity contribution is 9.10. The molecule has 1 aromatic carbocycles. The minimum atomic E-state index is -4.58. The van der Waals surface area contributed by atoms with Crippen LogP contribution in [0.25, 0.3) is 0 Å². The smallest absolute Gasteiger partial charge is 0.293 e. The molecule has 0 atom stereocenters. The summed E-state index contributed by atoms with van der Waals surface area (Å²) in [6, 6.07) is 2.01. The molecule has 7 heteroatoms. The van der Waals surface area contributed by atoms with Crippen LogP contribution in [-0.2, 0) is 6.18 Å². The summed E-state index contributed by atoms with van der Waals surface area (Å²) in [5.41, 5.74) is -1.06. The molecule has 1 nitrogen and oxygen atoms in total. The fourth-order valence-corrected chi connectivity index (χ4v) is 2.03. The van der Waals surface area contributed by atoms with Gasteiger partial charge in [0.15, 0.2) is 5.78 Å². The standard InChI is InChI=1S/C9H4Br2ClF3O/c10-3-7(16)4-1-5(9(13,14)15)8(12)6(11)2-4/h1-2H,3H2. The topological polar surface area (TPSA) is 17.1 Å². The van der Waals surface area contributed by atoms with Gasteiger partial charge >= 0.3 is 6.18 Å². The third kappa shape index (κ3) is 2.99. The second-order valence-electron chi connectivity index (χ2n) is 2.87. The van der Waals surface area contributed by atoms with Crippen molar-refractivity contribution < 1.29 is 18.0 Å². The molecule has 88 valence electrons. The van der Waals surface area contributed by atoms with Gasteiger partial charge in [-0.3, -0.25) is 4.79 Å². The van der Waals surface area contributed by atoms with Gasteiger partial charge in [0.05, 0.1) is 15.9 Å². The Morgan fingerprint density at radius 1 is 1.38 bits per heavy atom. The van der Waals surface area contributed by atoms with Crippen LogP contribution in [0, 0.1) is 0 Å². The molecule has 0 heterocycles. The van der Waals surface area contributed by atoms with Gasteiger partial charge in [0, 0.05) is 10.0 Å². The lowest BCUT2D eigenvalue weighted by molar-refractivity contribution is -0.137. The molecular formula is C9H4Br2ClF3O. The van der Waals surface area contributed by atoms with Crippen molar-refractivity contribution in [3.8, 4) is 0 Å². The average molecular weight is 380 g/mol. The third-order valence-corrected chi connectivity index (χ3v) is 3.55. The van der Waals surface area contributed by atoms with Gasteiger partial charge in [-0.1, -0.05) is 27.5 Å². The van der Waals surface area contributed by atoms with Crippen LogP contribution in [0.4, 0.5) is 13.2 Å². The summed E-state index contributed by atoms with van der Waals surface area (Å²) in [7, 11) is 0. The van der Waals surface area contributed by atoms with Crippen LogP contribution in [0.1, 0.15) is 15.9 Å². The Hall–Kier alpha value is -0.0700. The largest absolute Gasteiger partial charge is 0.417 e. The summed E-state index contributed by atoms with van der Waals surface area (Å²) in [4.78, 5) is 11.3. The summed E-state index contributed by atoms with van der Waals surface area (Å²) in [6.07, 6.45) is -4.58. The maximum absolute atomic E-state index is 12.5. The fraction of sp³-hybridized carbons (Fsp3) is 0.222. The number of alkyl halides is 4. The number of rotatable bonds is 2. The summed E-state index contributed by atoms with van der Waals surface area (Å²) in [5, 5.41) is -0.489. The minimum Gasteiger partial charge on any atom is -0.293 e. The van der Waals surface area contributed by atoms with Gasteiger partial charge in [0.2, 0.25) is 0 Å². The second-order valence-corrected chi connectivity index (χ2v) is 4.67. The van der Waals surface area contributed by atoms with E-state index < -0.39 is 22.5 Å². The first kappa shape index (κ1) is 14.0. The number of benzene rings is 1.